The Kier molecular flexibility index (Phi) is 4.36. The summed E-state index contributed by atoms with van der Waals surface area (Å²) in [6.45, 7) is 0.998. The standard InChI is InChI=1S/C19H22N4O2/c1-25-15-4-2-3-13(11-15)18-16(7-10-23(18)14-5-6-14)22-19(24)17-12-20-8-9-21-17/h2-4,8-9,11-12,14,16,18H,5-7,10H2,1H3,(H,22,24)/t16-,18-/m1/s1. The average Bonchev–Trinajstić information content (AvgIpc) is 3.43. The van der Waals surface area contributed by atoms with Crippen molar-refractivity contribution in [1.29, 1.82) is 0 Å². The molecule has 6 nitrogen and oxygen atoms in total. The number of carbonyl (C=O) groups excluding carboxylic acids is 1. The number of hydrogen-bond donors (Lipinski definition) is 1. The predicted octanol–water partition coefficient (Wildman–Crippen LogP) is 2.19. The van der Waals surface area contributed by atoms with Crippen LogP contribution in [0, 0.1) is 0 Å². The number of hydrogen-bond acceptors (Lipinski definition) is 5. The number of benzene rings is 1. The number of amides is 1. The Morgan fingerprint density at radius 1 is 1.28 bits per heavy atom. The van der Waals surface area contributed by atoms with Gasteiger partial charge in [-0.3, -0.25) is 14.7 Å². The Morgan fingerprint density at radius 2 is 2.16 bits per heavy atom. The van der Waals surface area contributed by atoms with Crippen molar-refractivity contribution >= 4 is 5.91 Å². The molecule has 1 aliphatic heterocycles. The van der Waals surface area contributed by atoms with E-state index in [9.17, 15) is 4.79 Å². The van der Waals surface area contributed by atoms with E-state index in [2.05, 4.69) is 32.3 Å². The van der Waals surface area contributed by atoms with Gasteiger partial charge in [0.15, 0.2) is 0 Å². The van der Waals surface area contributed by atoms with Gasteiger partial charge in [0.05, 0.1) is 25.4 Å². The molecule has 1 saturated heterocycles. The minimum absolute atomic E-state index is 0.0576. The topological polar surface area (TPSA) is 67.3 Å². The van der Waals surface area contributed by atoms with Crippen molar-refractivity contribution in [3.63, 3.8) is 0 Å². The van der Waals surface area contributed by atoms with Crippen molar-refractivity contribution < 1.29 is 9.53 Å². The monoisotopic (exact) mass is 338 g/mol. The molecule has 1 saturated carbocycles. The highest BCUT2D eigenvalue weighted by Crippen LogP contribution is 2.41. The fourth-order valence-corrected chi connectivity index (χ4v) is 3.69. The van der Waals surface area contributed by atoms with E-state index in [1.54, 1.807) is 19.5 Å². The second-order valence-electron chi connectivity index (χ2n) is 6.65. The maximum absolute atomic E-state index is 12.5. The van der Waals surface area contributed by atoms with E-state index in [0.29, 0.717) is 11.7 Å². The van der Waals surface area contributed by atoms with E-state index in [-0.39, 0.29) is 18.0 Å². The van der Waals surface area contributed by atoms with Gasteiger partial charge < -0.3 is 10.1 Å². The first-order valence-corrected chi connectivity index (χ1v) is 8.73. The smallest absolute Gasteiger partial charge is 0.271 e. The maximum Gasteiger partial charge on any atom is 0.271 e. The second kappa shape index (κ2) is 6.80. The molecule has 6 heteroatoms. The lowest BCUT2D eigenvalue weighted by molar-refractivity contribution is 0.0918. The Balaban J connectivity index is 1.58. The zero-order valence-electron chi connectivity index (χ0n) is 14.3. The Hall–Kier alpha value is -2.47. The maximum atomic E-state index is 12.5. The van der Waals surface area contributed by atoms with Crippen molar-refractivity contribution in [3.05, 3.63) is 54.1 Å². The van der Waals surface area contributed by atoms with Crippen molar-refractivity contribution in [3.8, 4) is 5.75 Å². The molecule has 1 aromatic carbocycles. The third-order valence-electron chi connectivity index (χ3n) is 5.00. The van der Waals surface area contributed by atoms with Gasteiger partial charge >= 0.3 is 0 Å². The molecule has 0 unspecified atom stereocenters. The van der Waals surface area contributed by atoms with Crippen molar-refractivity contribution in [2.75, 3.05) is 13.7 Å². The third-order valence-corrected chi connectivity index (χ3v) is 5.00. The van der Waals surface area contributed by atoms with Crippen molar-refractivity contribution in [1.82, 2.24) is 20.2 Å². The molecular formula is C19H22N4O2. The highest BCUT2D eigenvalue weighted by Gasteiger charge is 2.43. The first-order valence-electron chi connectivity index (χ1n) is 8.73. The number of rotatable bonds is 5. The van der Waals surface area contributed by atoms with Crippen molar-refractivity contribution in [2.24, 2.45) is 0 Å². The minimum atomic E-state index is -0.163. The lowest BCUT2D eigenvalue weighted by Crippen LogP contribution is -2.40. The SMILES string of the molecule is COc1cccc([C@@H]2[C@H](NC(=O)c3cnccn3)CCN2C2CC2)c1. The quantitative estimate of drug-likeness (QED) is 0.905. The highest BCUT2D eigenvalue weighted by molar-refractivity contribution is 5.92. The number of nitrogens with zero attached hydrogens (tertiary/aromatic N) is 3. The van der Waals surface area contributed by atoms with Crippen LogP contribution in [0.4, 0.5) is 0 Å². The van der Waals surface area contributed by atoms with Crippen LogP contribution in [0.5, 0.6) is 5.75 Å². The fourth-order valence-electron chi connectivity index (χ4n) is 3.69. The third kappa shape index (κ3) is 3.35. The molecule has 4 rings (SSSR count). The molecule has 1 amide bonds. The number of methoxy groups -OCH3 is 1. The van der Waals surface area contributed by atoms with Gasteiger partial charge in [-0.2, -0.15) is 0 Å². The molecule has 25 heavy (non-hydrogen) atoms. The summed E-state index contributed by atoms with van der Waals surface area (Å²) in [5.41, 5.74) is 1.55. The summed E-state index contributed by atoms with van der Waals surface area (Å²) in [4.78, 5) is 23.1. The molecule has 130 valence electrons. The van der Waals surface area contributed by atoms with Gasteiger partial charge in [-0.15, -0.1) is 0 Å². The molecule has 1 aromatic heterocycles. The van der Waals surface area contributed by atoms with Crippen molar-refractivity contribution in [2.45, 2.75) is 37.4 Å². The van der Waals surface area contributed by atoms with Crippen LogP contribution in [0.1, 0.15) is 41.4 Å². The molecule has 2 heterocycles. The molecule has 2 aromatic rings. The van der Waals surface area contributed by atoms with Crippen LogP contribution in [0.15, 0.2) is 42.9 Å². The van der Waals surface area contributed by atoms with Crippen LogP contribution in [-0.4, -0.2) is 46.5 Å². The fraction of sp³-hybridized carbons (Fsp3) is 0.421. The molecule has 0 spiro atoms. The number of carbonyl (C=O) groups is 1. The normalized spacial score (nSPS) is 23.4. The molecule has 1 N–H and O–H groups in total. The van der Waals surface area contributed by atoms with Gasteiger partial charge in [-0.05, 0) is 37.0 Å². The van der Waals surface area contributed by atoms with Gasteiger partial charge in [0, 0.05) is 25.0 Å². The van der Waals surface area contributed by atoms with Gasteiger partial charge in [0.2, 0.25) is 0 Å². The summed E-state index contributed by atoms with van der Waals surface area (Å²) in [6.07, 6.45) is 8.03. The average molecular weight is 338 g/mol. The Labute approximate surface area is 147 Å². The van der Waals surface area contributed by atoms with E-state index in [0.717, 1.165) is 18.7 Å². The number of ether oxygens (including phenoxy) is 1. The first-order chi connectivity index (χ1) is 12.3. The summed E-state index contributed by atoms with van der Waals surface area (Å²) in [7, 11) is 1.68. The molecule has 2 fully saturated rings. The van der Waals surface area contributed by atoms with E-state index in [1.807, 2.05) is 12.1 Å². The van der Waals surface area contributed by atoms with Gasteiger partial charge in [-0.1, -0.05) is 12.1 Å². The molecule has 0 bridgehead atoms. The summed E-state index contributed by atoms with van der Waals surface area (Å²) in [6, 6.07) is 9.02. The van der Waals surface area contributed by atoms with Gasteiger partial charge in [0.1, 0.15) is 11.4 Å². The van der Waals surface area contributed by atoms with Crippen LogP contribution in [0.3, 0.4) is 0 Å². The minimum Gasteiger partial charge on any atom is -0.497 e. The van der Waals surface area contributed by atoms with E-state index < -0.39 is 0 Å². The highest BCUT2D eigenvalue weighted by atomic mass is 16.5. The summed E-state index contributed by atoms with van der Waals surface area (Å²) >= 11 is 0. The summed E-state index contributed by atoms with van der Waals surface area (Å²) < 4.78 is 5.39. The van der Waals surface area contributed by atoms with Crippen LogP contribution >= 0.6 is 0 Å². The van der Waals surface area contributed by atoms with E-state index >= 15 is 0 Å². The van der Waals surface area contributed by atoms with Crippen LogP contribution in [-0.2, 0) is 0 Å². The first kappa shape index (κ1) is 16.0. The molecule has 2 aliphatic rings. The number of likely N-dealkylation sites (tertiary alicyclic amines) is 1. The number of aromatic nitrogens is 2. The molecule has 1 aliphatic carbocycles. The lowest BCUT2D eigenvalue weighted by atomic mass is 9.99. The predicted molar refractivity (Wildman–Crippen MR) is 93.4 cm³/mol. The molecular weight excluding hydrogens is 316 g/mol. The Bertz CT molecular complexity index is 748. The van der Waals surface area contributed by atoms with Gasteiger partial charge in [0.25, 0.3) is 5.91 Å². The Morgan fingerprint density at radius 3 is 2.88 bits per heavy atom. The zero-order valence-corrected chi connectivity index (χ0v) is 14.3. The van der Waals surface area contributed by atoms with Crippen LogP contribution in [0.2, 0.25) is 0 Å². The van der Waals surface area contributed by atoms with Crippen LogP contribution in [0.25, 0.3) is 0 Å². The zero-order chi connectivity index (χ0) is 17.2. The lowest BCUT2D eigenvalue weighted by Gasteiger charge is -2.29. The van der Waals surface area contributed by atoms with E-state index in [1.165, 1.54) is 24.6 Å². The molecule has 2 atom stereocenters. The molecule has 0 radical (unpaired) electrons. The van der Waals surface area contributed by atoms with E-state index in [4.69, 9.17) is 4.74 Å². The largest absolute Gasteiger partial charge is 0.497 e. The summed E-state index contributed by atoms with van der Waals surface area (Å²) in [5.74, 6) is 0.683. The second-order valence-corrected chi connectivity index (χ2v) is 6.65. The summed E-state index contributed by atoms with van der Waals surface area (Å²) in [5, 5.41) is 3.17. The van der Waals surface area contributed by atoms with Crippen LogP contribution < -0.4 is 10.1 Å². The van der Waals surface area contributed by atoms with Gasteiger partial charge in [-0.25, -0.2) is 4.98 Å². The number of nitrogens with one attached hydrogen (secondary N) is 1.